The average Bonchev–Trinajstić information content (AvgIpc) is 1.89. The molecule has 0 saturated carbocycles. The summed E-state index contributed by atoms with van der Waals surface area (Å²) in [7, 11) is 1.63. The molecule has 3 heteroatoms. The van der Waals surface area contributed by atoms with Gasteiger partial charge in [-0.1, -0.05) is 5.92 Å². The Hall–Kier alpha value is 0.210. The van der Waals surface area contributed by atoms with Gasteiger partial charge in [0, 0.05) is 7.11 Å². The van der Waals surface area contributed by atoms with Crippen molar-refractivity contribution in [3.63, 3.8) is 0 Å². The fraction of sp³-hybridized carbons (Fsp3) is 0.667. The standard InChI is InChI=1S/C6H9IO2/c1-3-6(7)9-5-4-8-2/h1,6H,4-5H2,2H3. The first-order valence-electron chi connectivity index (χ1n) is 2.52. The Morgan fingerprint density at radius 1 is 1.67 bits per heavy atom. The third kappa shape index (κ3) is 6.09. The summed E-state index contributed by atoms with van der Waals surface area (Å²) in [6.45, 7) is 1.16. The van der Waals surface area contributed by atoms with Crippen molar-refractivity contribution in [1.82, 2.24) is 0 Å². The summed E-state index contributed by atoms with van der Waals surface area (Å²) in [5.41, 5.74) is 0. The molecule has 2 nitrogen and oxygen atoms in total. The molecular formula is C6H9IO2. The van der Waals surface area contributed by atoms with E-state index in [1.165, 1.54) is 0 Å². The van der Waals surface area contributed by atoms with Gasteiger partial charge in [0.25, 0.3) is 0 Å². The van der Waals surface area contributed by atoms with Crippen LogP contribution >= 0.6 is 22.6 Å². The van der Waals surface area contributed by atoms with Gasteiger partial charge >= 0.3 is 0 Å². The Labute approximate surface area is 69.1 Å². The molecule has 1 unspecified atom stereocenters. The molecule has 0 N–H and O–H groups in total. The summed E-state index contributed by atoms with van der Waals surface area (Å²) < 4.78 is 9.67. The van der Waals surface area contributed by atoms with Crippen LogP contribution in [0.1, 0.15) is 0 Å². The zero-order valence-electron chi connectivity index (χ0n) is 5.26. The van der Waals surface area contributed by atoms with Crippen LogP contribution in [0.5, 0.6) is 0 Å². The summed E-state index contributed by atoms with van der Waals surface area (Å²) in [5.74, 6) is 2.43. The molecule has 0 aliphatic carbocycles. The lowest BCUT2D eigenvalue weighted by Crippen LogP contribution is -2.06. The van der Waals surface area contributed by atoms with Crippen molar-refractivity contribution < 1.29 is 9.47 Å². The zero-order chi connectivity index (χ0) is 7.11. The number of rotatable bonds is 4. The van der Waals surface area contributed by atoms with Crippen LogP contribution in [0.4, 0.5) is 0 Å². The first-order valence-corrected chi connectivity index (χ1v) is 3.76. The summed E-state index contributed by atoms with van der Waals surface area (Å²) in [5, 5.41) is 0. The highest BCUT2D eigenvalue weighted by atomic mass is 127. The van der Waals surface area contributed by atoms with Crippen LogP contribution in [0.25, 0.3) is 0 Å². The molecular weight excluding hydrogens is 231 g/mol. The molecule has 0 spiro atoms. The maximum atomic E-state index is 5.06. The van der Waals surface area contributed by atoms with Crippen molar-refractivity contribution in [3.8, 4) is 12.3 Å². The minimum atomic E-state index is -0.127. The molecule has 0 amide bonds. The van der Waals surface area contributed by atoms with E-state index >= 15 is 0 Å². The Balaban J connectivity index is 2.99. The normalized spacial score (nSPS) is 12.6. The molecule has 0 aliphatic rings. The van der Waals surface area contributed by atoms with Crippen molar-refractivity contribution >= 4 is 22.6 Å². The number of hydrogen-bond acceptors (Lipinski definition) is 2. The monoisotopic (exact) mass is 240 g/mol. The third-order valence-corrected chi connectivity index (χ3v) is 1.40. The molecule has 0 fully saturated rings. The second kappa shape index (κ2) is 6.33. The van der Waals surface area contributed by atoms with E-state index in [-0.39, 0.29) is 4.11 Å². The van der Waals surface area contributed by atoms with Gasteiger partial charge in [0.2, 0.25) is 0 Å². The second-order valence-electron chi connectivity index (χ2n) is 1.35. The van der Waals surface area contributed by atoms with E-state index in [1.54, 1.807) is 7.11 Å². The van der Waals surface area contributed by atoms with Crippen LogP contribution < -0.4 is 0 Å². The SMILES string of the molecule is C#CC(I)OCCOC. The van der Waals surface area contributed by atoms with Gasteiger partial charge in [0.15, 0.2) is 4.11 Å². The maximum Gasteiger partial charge on any atom is 0.169 e. The van der Waals surface area contributed by atoms with Gasteiger partial charge in [-0.15, -0.1) is 6.42 Å². The first-order chi connectivity index (χ1) is 4.31. The smallest absolute Gasteiger partial charge is 0.169 e. The summed E-state index contributed by atoms with van der Waals surface area (Å²) in [4.78, 5) is 0. The number of alkyl halides is 1. The highest BCUT2D eigenvalue weighted by Gasteiger charge is 1.94. The number of terminal acetylenes is 1. The molecule has 9 heavy (non-hydrogen) atoms. The molecule has 0 aliphatic heterocycles. The van der Waals surface area contributed by atoms with E-state index < -0.39 is 0 Å². The van der Waals surface area contributed by atoms with Gasteiger partial charge in [0.05, 0.1) is 13.2 Å². The van der Waals surface area contributed by atoms with Crippen molar-refractivity contribution in [1.29, 1.82) is 0 Å². The topological polar surface area (TPSA) is 18.5 Å². The molecule has 0 aromatic rings. The van der Waals surface area contributed by atoms with E-state index in [0.717, 1.165) is 0 Å². The van der Waals surface area contributed by atoms with E-state index in [4.69, 9.17) is 15.9 Å². The van der Waals surface area contributed by atoms with Crippen molar-refractivity contribution in [2.45, 2.75) is 4.11 Å². The number of halogens is 1. The Kier molecular flexibility index (Phi) is 6.48. The average molecular weight is 240 g/mol. The molecule has 0 radical (unpaired) electrons. The second-order valence-corrected chi connectivity index (χ2v) is 2.48. The lowest BCUT2D eigenvalue weighted by atomic mass is 10.7. The predicted molar refractivity (Wildman–Crippen MR) is 44.5 cm³/mol. The Morgan fingerprint density at radius 3 is 2.78 bits per heavy atom. The predicted octanol–water partition coefficient (Wildman–Crippen LogP) is 1.04. The van der Waals surface area contributed by atoms with Crippen molar-refractivity contribution in [2.75, 3.05) is 20.3 Å². The zero-order valence-corrected chi connectivity index (χ0v) is 7.42. The van der Waals surface area contributed by atoms with Crippen molar-refractivity contribution in [3.05, 3.63) is 0 Å². The minimum absolute atomic E-state index is 0.127. The Morgan fingerprint density at radius 2 is 2.33 bits per heavy atom. The van der Waals surface area contributed by atoms with Crippen LogP contribution in [0, 0.1) is 12.3 Å². The van der Waals surface area contributed by atoms with E-state index in [1.807, 2.05) is 22.6 Å². The van der Waals surface area contributed by atoms with E-state index in [2.05, 4.69) is 5.92 Å². The van der Waals surface area contributed by atoms with Crippen LogP contribution in [0.2, 0.25) is 0 Å². The van der Waals surface area contributed by atoms with E-state index in [0.29, 0.717) is 13.2 Å². The maximum absolute atomic E-state index is 5.06. The van der Waals surface area contributed by atoms with Crippen LogP contribution in [0.15, 0.2) is 0 Å². The highest BCUT2D eigenvalue weighted by Crippen LogP contribution is 1.98. The van der Waals surface area contributed by atoms with Crippen molar-refractivity contribution in [2.24, 2.45) is 0 Å². The molecule has 1 atom stereocenters. The number of methoxy groups -OCH3 is 1. The van der Waals surface area contributed by atoms with E-state index in [9.17, 15) is 0 Å². The molecule has 0 bridgehead atoms. The summed E-state index contributed by atoms with van der Waals surface area (Å²) >= 11 is 2.03. The number of hydrogen-bond donors (Lipinski definition) is 0. The van der Waals surface area contributed by atoms with Crippen LogP contribution in [-0.2, 0) is 9.47 Å². The molecule has 0 saturated heterocycles. The molecule has 0 rings (SSSR count). The third-order valence-electron chi connectivity index (χ3n) is 0.683. The largest absolute Gasteiger partial charge is 0.382 e. The summed E-state index contributed by atoms with van der Waals surface area (Å²) in [6.07, 6.45) is 5.03. The highest BCUT2D eigenvalue weighted by molar-refractivity contribution is 14.1. The van der Waals surface area contributed by atoms with Gasteiger partial charge in [0.1, 0.15) is 0 Å². The fourth-order valence-electron chi connectivity index (χ4n) is 0.283. The fourth-order valence-corrected chi connectivity index (χ4v) is 0.537. The lowest BCUT2D eigenvalue weighted by molar-refractivity contribution is 0.0814. The van der Waals surface area contributed by atoms with Crippen LogP contribution in [-0.4, -0.2) is 24.4 Å². The first kappa shape index (κ1) is 9.21. The number of ether oxygens (including phenoxy) is 2. The van der Waals surface area contributed by atoms with Gasteiger partial charge in [-0.2, -0.15) is 0 Å². The molecule has 0 aromatic heterocycles. The minimum Gasteiger partial charge on any atom is -0.382 e. The van der Waals surface area contributed by atoms with Gasteiger partial charge in [-0.3, -0.25) is 0 Å². The van der Waals surface area contributed by atoms with Crippen LogP contribution in [0.3, 0.4) is 0 Å². The lowest BCUT2D eigenvalue weighted by Gasteiger charge is -2.02. The van der Waals surface area contributed by atoms with Gasteiger partial charge < -0.3 is 9.47 Å². The summed E-state index contributed by atoms with van der Waals surface area (Å²) in [6, 6.07) is 0. The molecule has 0 heterocycles. The Bertz CT molecular complexity index is 97.7. The van der Waals surface area contributed by atoms with Gasteiger partial charge in [-0.25, -0.2) is 0 Å². The molecule has 52 valence electrons. The quantitative estimate of drug-likeness (QED) is 0.316. The van der Waals surface area contributed by atoms with Gasteiger partial charge in [-0.05, 0) is 22.6 Å². The molecule has 0 aromatic carbocycles.